The van der Waals surface area contributed by atoms with Crippen LogP contribution in [0.3, 0.4) is 0 Å². The Balaban J connectivity index is 1.57. The van der Waals surface area contributed by atoms with Crippen molar-refractivity contribution in [3.63, 3.8) is 0 Å². The molecule has 0 aliphatic carbocycles. The quantitative estimate of drug-likeness (QED) is 0.141. The van der Waals surface area contributed by atoms with Gasteiger partial charge in [0.15, 0.2) is 0 Å². The second-order valence-corrected chi connectivity index (χ2v) is 16.5. The summed E-state index contributed by atoms with van der Waals surface area (Å²) in [7, 11) is 1.61. The molecule has 8 rings (SSSR count). The third-order valence-corrected chi connectivity index (χ3v) is 14.2. The van der Waals surface area contributed by atoms with Crippen molar-refractivity contribution < 1.29 is 9.47 Å². The van der Waals surface area contributed by atoms with E-state index in [1.54, 1.807) is 14.2 Å². The molecule has 0 aromatic heterocycles. The molecule has 4 heteroatoms. The molecule has 50 heavy (non-hydrogen) atoms. The second kappa shape index (κ2) is 14.3. The van der Waals surface area contributed by atoms with Crippen molar-refractivity contribution in [3.05, 3.63) is 182 Å². The summed E-state index contributed by atoms with van der Waals surface area (Å²) in [5.41, 5.74) is 2.49. The van der Waals surface area contributed by atoms with Crippen LogP contribution in [0.5, 0.6) is 11.5 Å². The maximum Gasteiger partial charge on any atom is 0.119 e. The molecule has 0 radical (unpaired) electrons. The maximum atomic E-state index is 5.91. The fraction of sp³-hybridized carbons (Fsp3) is 0.0435. The molecule has 0 heterocycles. The number of benzene rings is 8. The Hall–Kier alpha value is -5.26. The van der Waals surface area contributed by atoms with E-state index in [4.69, 9.17) is 9.47 Å². The van der Waals surface area contributed by atoms with E-state index in [1.165, 1.54) is 64.5 Å². The highest BCUT2D eigenvalue weighted by molar-refractivity contribution is 7.80. The Bertz CT molecular complexity index is 2140. The van der Waals surface area contributed by atoms with Crippen LogP contribution in [0.1, 0.15) is 0 Å². The SMILES string of the molecule is COc1ccc2ccc(P(c3ccccc3)c3ccccc3)c(-c3c(P(c4ccccc4)c4ccccc4)ccc4ccc(OC)cc34)c2c1. The predicted molar refractivity (Wildman–Crippen MR) is 217 cm³/mol. The van der Waals surface area contributed by atoms with E-state index < -0.39 is 15.8 Å². The average Bonchev–Trinajstić information content (AvgIpc) is 3.19. The van der Waals surface area contributed by atoms with Gasteiger partial charge < -0.3 is 9.47 Å². The topological polar surface area (TPSA) is 18.5 Å². The molecule has 0 fully saturated rings. The summed E-state index contributed by atoms with van der Waals surface area (Å²) in [4.78, 5) is 0. The van der Waals surface area contributed by atoms with Crippen LogP contribution in [-0.4, -0.2) is 14.2 Å². The zero-order valence-corrected chi connectivity index (χ0v) is 29.8. The summed E-state index contributed by atoms with van der Waals surface area (Å²) in [6, 6.07) is 66.3. The van der Waals surface area contributed by atoms with Gasteiger partial charge in [0.1, 0.15) is 11.5 Å². The third kappa shape index (κ3) is 6.07. The standard InChI is InChI=1S/C46H36O2P2/c1-47-35-27-23-33-25-29-43(49(37-15-7-3-8-16-37)38-17-9-4-10-18-38)45(41(33)31-35)46-42-32-36(48-2)28-24-34(42)26-30-44(46)50(39-19-11-5-12-20-39)40-21-13-6-14-22-40/h3-32H,1-2H3. The largest absolute Gasteiger partial charge is 0.497 e. The van der Waals surface area contributed by atoms with E-state index in [0.717, 1.165) is 11.5 Å². The Labute approximate surface area is 296 Å². The van der Waals surface area contributed by atoms with Crippen molar-refractivity contribution in [2.75, 3.05) is 14.2 Å². The minimum absolute atomic E-state index is 0.840. The Morgan fingerprint density at radius 3 is 0.940 bits per heavy atom. The Morgan fingerprint density at radius 1 is 0.340 bits per heavy atom. The van der Waals surface area contributed by atoms with Crippen LogP contribution in [0.2, 0.25) is 0 Å². The van der Waals surface area contributed by atoms with Gasteiger partial charge in [0.05, 0.1) is 14.2 Å². The maximum absolute atomic E-state index is 5.91. The van der Waals surface area contributed by atoms with Crippen LogP contribution in [0.25, 0.3) is 32.7 Å². The molecule has 242 valence electrons. The lowest BCUT2D eigenvalue weighted by atomic mass is 9.93. The normalized spacial score (nSPS) is 11.4. The van der Waals surface area contributed by atoms with Crippen LogP contribution >= 0.6 is 15.8 Å². The van der Waals surface area contributed by atoms with Gasteiger partial charge >= 0.3 is 0 Å². The summed E-state index contributed by atoms with van der Waals surface area (Å²) in [6.45, 7) is 0. The Kier molecular flexibility index (Phi) is 9.15. The van der Waals surface area contributed by atoms with E-state index in [0.29, 0.717) is 0 Å². The highest BCUT2D eigenvalue weighted by Crippen LogP contribution is 2.46. The molecule has 0 saturated heterocycles. The zero-order chi connectivity index (χ0) is 33.9. The van der Waals surface area contributed by atoms with Crippen molar-refractivity contribution in [2.45, 2.75) is 0 Å². The van der Waals surface area contributed by atoms with E-state index in [2.05, 4.69) is 182 Å². The first-order valence-corrected chi connectivity index (χ1v) is 19.4. The molecule has 0 N–H and O–H groups in total. The third-order valence-electron chi connectivity index (χ3n) is 9.20. The number of ether oxygens (including phenoxy) is 2. The molecule has 0 saturated carbocycles. The van der Waals surface area contributed by atoms with Crippen molar-refractivity contribution in [1.29, 1.82) is 0 Å². The molecule has 8 aromatic rings. The summed E-state index contributed by atoms with van der Waals surface area (Å²) >= 11 is 0. The van der Waals surface area contributed by atoms with Crippen LogP contribution in [0.4, 0.5) is 0 Å². The van der Waals surface area contributed by atoms with Crippen molar-refractivity contribution in [2.24, 2.45) is 0 Å². The van der Waals surface area contributed by atoms with Crippen molar-refractivity contribution >= 4 is 69.2 Å². The van der Waals surface area contributed by atoms with Gasteiger partial charge in [-0.25, -0.2) is 0 Å². The molecule has 2 nitrogen and oxygen atoms in total. The lowest BCUT2D eigenvalue weighted by Gasteiger charge is -2.28. The van der Waals surface area contributed by atoms with Gasteiger partial charge in [0.25, 0.3) is 0 Å². The van der Waals surface area contributed by atoms with E-state index in [9.17, 15) is 0 Å². The monoisotopic (exact) mass is 682 g/mol. The van der Waals surface area contributed by atoms with Crippen molar-refractivity contribution in [3.8, 4) is 22.6 Å². The summed E-state index contributed by atoms with van der Waals surface area (Å²) in [5.74, 6) is 1.68. The first-order valence-electron chi connectivity index (χ1n) is 16.8. The number of methoxy groups -OCH3 is 2. The smallest absolute Gasteiger partial charge is 0.119 e. The van der Waals surface area contributed by atoms with E-state index >= 15 is 0 Å². The predicted octanol–water partition coefficient (Wildman–Crippen LogP) is 9.19. The van der Waals surface area contributed by atoms with Gasteiger partial charge in [0, 0.05) is 0 Å². The minimum Gasteiger partial charge on any atom is -0.497 e. The molecule has 0 aliphatic rings. The number of hydrogen-bond donors (Lipinski definition) is 0. The van der Waals surface area contributed by atoms with Gasteiger partial charge in [-0.15, -0.1) is 0 Å². The lowest BCUT2D eigenvalue weighted by Crippen LogP contribution is -2.26. The van der Waals surface area contributed by atoms with Gasteiger partial charge in [-0.1, -0.05) is 158 Å². The van der Waals surface area contributed by atoms with Crippen LogP contribution in [-0.2, 0) is 0 Å². The zero-order valence-electron chi connectivity index (χ0n) is 28.0. The van der Waals surface area contributed by atoms with Gasteiger partial charge in [-0.05, 0) is 105 Å². The van der Waals surface area contributed by atoms with Gasteiger partial charge in [0.2, 0.25) is 0 Å². The number of rotatable bonds is 9. The second-order valence-electron chi connectivity index (χ2n) is 12.1. The molecule has 0 atom stereocenters. The molecular weight excluding hydrogens is 646 g/mol. The highest BCUT2D eigenvalue weighted by atomic mass is 31.1. The average molecular weight is 683 g/mol. The molecule has 0 spiro atoms. The summed E-state index contributed by atoms with van der Waals surface area (Å²) in [6.07, 6.45) is 0. The fourth-order valence-electron chi connectivity index (χ4n) is 6.89. The van der Waals surface area contributed by atoms with Crippen LogP contribution in [0, 0.1) is 0 Å². The number of fused-ring (bicyclic) bond motifs is 2. The molecule has 0 unspecified atom stereocenters. The van der Waals surface area contributed by atoms with Crippen LogP contribution in [0.15, 0.2) is 182 Å². The van der Waals surface area contributed by atoms with Crippen LogP contribution < -0.4 is 41.3 Å². The molecule has 0 amide bonds. The number of hydrogen-bond acceptors (Lipinski definition) is 2. The van der Waals surface area contributed by atoms with E-state index in [-0.39, 0.29) is 0 Å². The lowest BCUT2D eigenvalue weighted by molar-refractivity contribution is 0.415. The first-order chi connectivity index (χ1) is 24.7. The fourth-order valence-corrected chi connectivity index (χ4v) is 11.8. The Morgan fingerprint density at radius 2 is 0.640 bits per heavy atom. The molecule has 8 aromatic carbocycles. The summed E-state index contributed by atoms with van der Waals surface area (Å²) in [5, 5.41) is 12.6. The first kappa shape index (κ1) is 32.0. The molecular formula is C46H36O2P2. The summed E-state index contributed by atoms with van der Waals surface area (Å²) < 4.78 is 11.8. The minimum atomic E-state index is -0.949. The van der Waals surface area contributed by atoms with E-state index in [1.807, 2.05) is 0 Å². The van der Waals surface area contributed by atoms with Gasteiger partial charge in [-0.3, -0.25) is 0 Å². The molecule has 0 bridgehead atoms. The van der Waals surface area contributed by atoms with Crippen molar-refractivity contribution in [1.82, 2.24) is 0 Å². The molecule has 0 aliphatic heterocycles. The van der Waals surface area contributed by atoms with Gasteiger partial charge in [-0.2, -0.15) is 0 Å². The highest BCUT2D eigenvalue weighted by Gasteiger charge is 2.28.